The number of carbonyl (C=O) groups excluding carboxylic acids is 3. The van der Waals surface area contributed by atoms with Crippen LogP contribution in [0.1, 0.15) is 13.8 Å². The van der Waals surface area contributed by atoms with Gasteiger partial charge in [0.1, 0.15) is 5.41 Å². The Morgan fingerprint density at radius 2 is 1.81 bits per heavy atom. The molecule has 0 saturated carbocycles. The van der Waals surface area contributed by atoms with Gasteiger partial charge in [-0.15, -0.1) is 0 Å². The third kappa shape index (κ3) is 1.87. The van der Waals surface area contributed by atoms with E-state index < -0.39 is 23.3 Å². The lowest BCUT2D eigenvalue weighted by atomic mass is 9.88. The molecule has 4 amide bonds. The molecule has 1 fully saturated rings. The topological polar surface area (TPSA) is 79.4 Å². The molecule has 0 atom stereocenters. The molecule has 6 heteroatoms. The van der Waals surface area contributed by atoms with Crippen molar-refractivity contribution in [3.8, 4) is 0 Å². The van der Waals surface area contributed by atoms with Gasteiger partial charge in [-0.3, -0.25) is 19.9 Å². The smallest absolute Gasteiger partial charge is 0.276 e. The fourth-order valence-electron chi connectivity index (χ4n) is 2.27. The Balaban J connectivity index is 2.20. The van der Waals surface area contributed by atoms with E-state index in [1.165, 1.54) is 13.8 Å². The van der Waals surface area contributed by atoms with Crippen molar-refractivity contribution in [2.75, 3.05) is 4.90 Å². The molecule has 1 N–H and O–H groups in total. The van der Waals surface area contributed by atoms with Gasteiger partial charge < -0.3 is 0 Å². The summed E-state index contributed by atoms with van der Waals surface area (Å²) in [6.07, 6.45) is 1.59. The number of benzene rings is 1. The highest BCUT2D eigenvalue weighted by atomic mass is 16.2. The molecule has 1 aliphatic heterocycles. The maximum atomic E-state index is 12.5. The van der Waals surface area contributed by atoms with Crippen LogP contribution in [0.15, 0.2) is 36.5 Å². The number of anilines is 1. The van der Waals surface area contributed by atoms with Crippen LogP contribution in [0, 0.1) is 5.41 Å². The summed E-state index contributed by atoms with van der Waals surface area (Å²) in [6.45, 7) is 2.98. The van der Waals surface area contributed by atoms with Gasteiger partial charge in [-0.25, -0.2) is 9.69 Å². The predicted octanol–water partition coefficient (Wildman–Crippen LogP) is 1.84. The summed E-state index contributed by atoms with van der Waals surface area (Å²) in [7, 11) is 0. The molecule has 3 rings (SSSR count). The molecule has 6 nitrogen and oxygen atoms in total. The molecule has 1 aliphatic rings. The Morgan fingerprint density at radius 1 is 1.10 bits per heavy atom. The van der Waals surface area contributed by atoms with Crippen molar-refractivity contribution in [3.05, 3.63) is 36.5 Å². The Labute approximate surface area is 120 Å². The van der Waals surface area contributed by atoms with E-state index in [4.69, 9.17) is 0 Å². The maximum Gasteiger partial charge on any atom is 0.335 e. The van der Waals surface area contributed by atoms with Crippen molar-refractivity contribution >= 4 is 34.4 Å². The van der Waals surface area contributed by atoms with Gasteiger partial charge in [0.05, 0.1) is 11.2 Å². The lowest BCUT2D eigenvalue weighted by molar-refractivity contribution is -0.140. The van der Waals surface area contributed by atoms with Gasteiger partial charge in [-0.2, -0.15) is 0 Å². The fourth-order valence-corrected chi connectivity index (χ4v) is 2.27. The summed E-state index contributed by atoms with van der Waals surface area (Å²) in [5.74, 6) is -1.16. The molecule has 0 unspecified atom stereocenters. The normalized spacial score (nSPS) is 18.0. The monoisotopic (exact) mass is 283 g/mol. The van der Waals surface area contributed by atoms with Crippen LogP contribution in [0.25, 0.3) is 10.9 Å². The number of fused-ring (bicyclic) bond motifs is 1. The quantitative estimate of drug-likeness (QED) is 0.810. The van der Waals surface area contributed by atoms with E-state index in [0.29, 0.717) is 11.2 Å². The van der Waals surface area contributed by atoms with E-state index in [2.05, 4.69) is 10.3 Å². The number of para-hydroxylation sites is 1. The Hall–Kier alpha value is -2.76. The van der Waals surface area contributed by atoms with Crippen LogP contribution in [0.2, 0.25) is 0 Å². The van der Waals surface area contributed by atoms with Crippen LogP contribution < -0.4 is 10.2 Å². The second-order valence-electron chi connectivity index (χ2n) is 5.38. The average molecular weight is 283 g/mol. The second kappa shape index (κ2) is 4.37. The first-order valence-corrected chi connectivity index (χ1v) is 6.46. The highest BCUT2D eigenvalue weighted by Crippen LogP contribution is 2.31. The second-order valence-corrected chi connectivity index (χ2v) is 5.38. The fraction of sp³-hybridized carbons (Fsp3) is 0.200. The SMILES string of the molecule is CC1(C)C(=O)NC(=O)N(c2cccc3cccnc23)C1=O. The van der Waals surface area contributed by atoms with E-state index in [1.807, 2.05) is 12.1 Å². The van der Waals surface area contributed by atoms with E-state index >= 15 is 0 Å². The van der Waals surface area contributed by atoms with E-state index in [-0.39, 0.29) is 0 Å². The van der Waals surface area contributed by atoms with Crippen molar-refractivity contribution in [2.45, 2.75) is 13.8 Å². The van der Waals surface area contributed by atoms with Crippen LogP contribution in [0.4, 0.5) is 10.5 Å². The lowest BCUT2D eigenvalue weighted by Gasteiger charge is -2.34. The zero-order valence-corrected chi connectivity index (χ0v) is 11.6. The van der Waals surface area contributed by atoms with Crippen LogP contribution >= 0.6 is 0 Å². The van der Waals surface area contributed by atoms with E-state index in [1.54, 1.807) is 24.4 Å². The number of hydrogen-bond donors (Lipinski definition) is 1. The molecule has 0 radical (unpaired) electrons. The Bertz CT molecular complexity index is 777. The summed E-state index contributed by atoms with van der Waals surface area (Å²) < 4.78 is 0. The van der Waals surface area contributed by atoms with E-state index in [9.17, 15) is 14.4 Å². The summed E-state index contributed by atoms with van der Waals surface area (Å²) in [5, 5.41) is 3.02. The standard InChI is InChI=1S/C15H13N3O3/c1-15(2)12(19)17-14(21)18(13(15)20)10-7-3-5-9-6-4-8-16-11(9)10/h3-8H,1-2H3,(H,17,19,21). The zero-order valence-electron chi connectivity index (χ0n) is 11.6. The molecular weight excluding hydrogens is 270 g/mol. The highest BCUT2D eigenvalue weighted by Gasteiger charge is 2.48. The lowest BCUT2D eigenvalue weighted by Crippen LogP contribution is -2.62. The van der Waals surface area contributed by atoms with Gasteiger partial charge in [-0.1, -0.05) is 18.2 Å². The average Bonchev–Trinajstić information content (AvgIpc) is 2.46. The number of hydrogen-bond acceptors (Lipinski definition) is 4. The summed E-state index contributed by atoms with van der Waals surface area (Å²) in [4.78, 5) is 41.6. The van der Waals surface area contributed by atoms with E-state index in [0.717, 1.165) is 10.3 Å². The maximum absolute atomic E-state index is 12.5. The predicted molar refractivity (Wildman–Crippen MR) is 76.5 cm³/mol. The molecule has 21 heavy (non-hydrogen) atoms. The molecule has 2 aromatic rings. The Kier molecular flexibility index (Phi) is 2.76. The number of imide groups is 2. The molecule has 1 saturated heterocycles. The first-order chi connectivity index (χ1) is 9.93. The first kappa shape index (κ1) is 13.2. The number of nitrogens with one attached hydrogen (secondary N) is 1. The summed E-state index contributed by atoms with van der Waals surface area (Å²) >= 11 is 0. The summed E-state index contributed by atoms with van der Waals surface area (Å²) in [6, 6.07) is 8.09. The number of aromatic nitrogens is 1. The minimum absolute atomic E-state index is 0.371. The van der Waals surface area contributed by atoms with Crippen molar-refractivity contribution in [3.63, 3.8) is 0 Å². The minimum Gasteiger partial charge on any atom is -0.276 e. The third-order valence-corrected chi connectivity index (χ3v) is 3.58. The highest BCUT2D eigenvalue weighted by molar-refractivity contribution is 6.31. The summed E-state index contributed by atoms with van der Waals surface area (Å²) in [5.41, 5.74) is -0.393. The zero-order chi connectivity index (χ0) is 15.2. The van der Waals surface area contributed by atoms with Crippen LogP contribution in [-0.4, -0.2) is 22.8 Å². The number of barbiturate groups is 1. The van der Waals surface area contributed by atoms with Gasteiger partial charge in [0.25, 0.3) is 0 Å². The number of urea groups is 1. The molecule has 2 heterocycles. The number of amides is 4. The van der Waals surface area contributed by atoms with Crippen molar-refractivity contribution in [1.29, 1.82) is 0 Å². The van der Waals surface area contributed by atoms with Crippen molar-refractivity contribution in [1.82, 2.24) is 10.3 Å². The van der Waals surface area contributed by atoms with Crippen molar-refractivity contribution in [2.24, 2.45) is 5.41 Å². The number of pyridine rings is 1. The van der Waals surface area contributed by atoms with Gasteiger partial charge in [-0.05, 0) is 26.0 Å². The van der Waals surface area contributed by atoms with Gasteiger partial charge in [0, 0.05) is 11.6 Å². The number of nitrogens with zero attached hydrogens (tertiary/aromatic N) is 2. The van der Waals surface area contributed by atoms with Crippen LogP contribution in [0.3, 0.4) is 0 Å². The molecule has 0 bridgehead atoms. The van der Waals surface area contributed by atoms with Gasteiger partial charge in [0.15, 0.2) is 0 Å². The molecule has 106 valence electrons. The number of carbonyl (C=O) groups is 3. The van der Waals surface area contributed by atoms with Crippen LogP contribution in [0.5, 0.6) is 0 Å². The molecular formula is C15H13N3O3. The number of rotatable bonds is 1. The largest absolute Gasteiger partial charge is 0.335 e. The molecule has 0 spiro atoms. The molecule has 1 aromatic heterocycles. The molecule has 1 aromatic carbocycles. The Morgan fingerprint density at radius 3 is 2.57 bits per heavy atom. The van der Waals surface area contributed by atoms with Crippen LogP contribution in [-0.2, 0) is 9.59 Å². The first-order valence-electron chi connectivity index (χ1n) is 6.46. The minimum atomic E-state index is -1.30. The third-order valence-electron chi connectivity index (χ3n) is 3.58. The molecule has 0 aliphatic carbocycles. The van der Waals surface area contributed by atoms with Gasteiger partial charge >= 0.3 is 6.03 Å². The van der Waals surface area contributed by atoms with Gasteiger partial charge in [0.2, 0.25) is 11.8 Å². The van der Waals surface area contributed by atoms with Crippen molar-refractivity contribution < 1.29 is 14.4 Å².